The number of nitrogens with two attached hydrogens (primary N) is 1. The van der Waals surface area contributed by atoms with Gasteiger partial charge in [-0.25, -0.2) is 14.8 Å². The smallest absolute Gasteiger partial charge is 0.402 e. The normalized spacial score (nSPS) is 7.47. The van der Waals surface area contributed by atoms with E-state index >= 15 is 0 Å². The number of rotatable bonds is 0. The average molecular weight is 211 g/mol. The Morgan fingerprint density at radius 3 is 2.00 bits per heavy atom. The highest BCUT2D eigenvalue weighted by Gasteiger charge is 1.65. The summed E-state index contributed by atoms with van der Waals surface area (Å²) in [4.78, 5) is 16.1. The van der Waals surface area contributed by atoms with Crippen molar-refractivity contribution in [2.24, 2.45) is 5.73 Å². The Hall–Kier alpha value is -2.51. The summed E-state index contributed by atoms with van der Waals surface area (Å²) in [5, 5.41) is 13.6. The second kappa shape index (κ2) is 9.58. The monoisotopic (exact) mass is 211 g/mol. The van der Waals surface area contributed by atoms with Gasteiger partial charge in [-0.2, -0.15) is 0 Å². The van der Waals surface area contributed by atoms with Crippen LogP contribution in [0.3, 0.4) is 0 Å². The lowest BCUT2D eigenvalue weighted by Crippen LogP contribution is -2.03. The van der Waals surface area contributed by atoms with Crippen molar-refractivity contribution < 1.29 is 14.4 Å². The first-order valence-corrected chi connectivity index (χ1v) is 3.63. The highest BCUT2D eigenvalue weighted by atomic mass is 16.5. The number of primary amides is 1. The predicted molar refractivity (Wildman–Crippen MR) is 48.5 cm³/mol. The van der Waals surface area contributed by atoms with Gasteiger partial charge in [-0.05, 0) is 6.07 Å². The van der Waals surface area contributed by atoms with Gasteiger partial charge in [0.2, 0.25) is 0 Å². The van der Waals surface area contributed by atoms with Crippen molar-refractivity contribution in [3.05, 3.63) is 37.2 Å². The Morgan fingerprint density at radius 2 is 1.87 bits per heavy atom. The number of carbonyl (C=O) groups is 1. The van der Waals surface area contributed by atoms with E-state index in [1.54, 1.807) is 18.5 Å². The third kappa shape index (κ3) is 14.4. The maximum Gasteiger partial charge on any atom is 0.402 e. The first-order chi connectivity index (χ1) is 7.23. The molecule has 2 aromatic rings. The van der Waals surface area contributed by atoms with Crippen molar-refractivity contribution in [2.45, 2.75) is 0 Å². The summed E-state index contributed by atoms with van der Waals surface area (Å²) >= 11 is 0. The van der Waals surface area contributed by atoms with Gasteiger partial charge < -0.3 is 15.4 Å². The van der Waals surface area contributed by atoms with Gasteiger partial charge in [0.05, 0.1) is 6.20 Å². The van der Waals surface area contributed by atoms with E-state index < -0.39 is 6.09 Å². The molecule has 0 aromatic carbocycles. The topological polar surface area (TPSA) is 128 Å². The Kier molecular flexibility index (Phi) is 7.97. The third-order valence-corrected chi connectivity index (χ3v) is 0.760. The predicted octanol–water partition coefficient (Wildman–Crippen LogP) is 0.169. The van der Waals surface area contributed by atoms with Gasteiger partial charge in [-0.15, -0.1) is 5.10 Å². The Labute approximate surface area is 84.8 Å². The summed E-state index contributed by atoms with van der Waals surface area (Å²) in [6, 6.07) is 1.78. The van der Waals surface area contributed by atoms with E-state index in [1.165, 1.54) is 18.8 Å². The molecule has 0 saturated heterocycles. The van der Waals surface area contributed by atoms with Gasteiger partial charge in [0.1, 0.15) is 12.6 Å². The minimum Gasteiger partial charge on any atom is -0.465 e. The summed E-state index contributed by atoms with van der Waals surface area (Å²) in [6.45, 7) is 0. The van der Waals surface area contributed by atoms with Crippen LogP contribution in [0.2, 0.25) is 0 Å². The van der Waals surface area contributed by atoms with E-state index in [9.17, 15) is 0 Å². The summed E-state index contributed by atoms with van der Waals surface area (Å²) in [5.74, 6) is 0. The molecule has 3 N–H and O–H groups in total. The molecule has 0 unspecified atom stereocenters. The molecule has 8 nitrogen and oxygen atoms in total. The molecular formula is C7H9N5O3. The van der Waals surface area contributed by atoms with E-state index in [-0.39, 0.29) is 0 Å². The lowest BCUT2D eigenvalue weighted by Gasteiger charge is -1.70. The zero-order valence-electron chi connectivity index (χ0n) is 7.59. The largest absolute Gasteiger partial charge is 0.465 e. The van der Waals surface area contributed by atoms with Crippen LogP contribution in [0.15, 0.2) is 41.8 Å². The van der Waals surface area contributed by atoms with Gasteiger partial charge in [0.15, 0.2) is 0 Å². The van der Waals surface area contributed by atoms with Crippen LogP contribution in [0.4, 0.5) is 4.79 Å². The molecule has 80 valence electrons. The standard InChI is InChI=1S/C4H4N2.C2H2N2O.CH3NO2/c1-2-5-4-6-3-1;1-2-5-4-3-1;2-1(3)4/h1-4H;1-2H;2H2,(H,3,4). The number of aromatic nitrogens is 4. The Morgan fingerprint density at radius 1 is 1.27 bits per heavy atom. The molecule has 2 rings (SSSR count). The Balaban J connectivity index is 0.000000202. The van der Waals surface area contributed by atoms with Crippen LogP contribution in [0.5, 0.6) is 0 Å². The van der Waals surface area contributed by atoms with Crippen LogP contribution < -0.4 is 5.73 Å². The average Bonchev–Trinajstić information content (AvgIpc) is 2.77. The highest BCUT2D eigenvalue weighted by Crippen LogP contribution is 1.66. The second-order valence-corrected chi connectivity index (χ2v) is 1.83. The quantitative estimate of drug-likeness (QED) is 0.635. The molecule has 0 saturated carbocycles. The molecule has 0 fully saturated rings. The first kappa shape index (κ1) is 12.5. The summed E-state index contributed by atoms with van der Waals surface area (Å²) in [7, 11) is 0. The van der Waals surface area contributed by atoms with Crippen LogP contribution in [0.25, 0.3) is 0 Å². The molecule has 2 aromatic heterocycles. The molecule has 0 aliphatic heterocycles. The maximum absolute atomic E-state index is 8.78. The lowest BCUT2D eigenvalue weighted by molar-refractivity contribution is 0.205. The van der Waals surface area contributed by atoms with Crippen molar-refractivity contribution in [3.8, 4) is 0 Å². The van der Waals surface area contributed by atoms with E-state index in [0.717, 1.165) is 0 Å². The zero-order chi connectivity index (χ0) is 11.4. The van der Waals surface area contributed by atoms with Crippen LogP contribution in [-0.2, 0) is 0 Å². The number of carboxylic acid groups (broad SMARTS) is 1. The van der Waals surface area contributed by atoms with Crippen LogP contribution in [0, 0.1) is 0 Å². The van der Waals surface area contributed by atoms with Gasteiger partial charge in [-0.3, -0.25) is 0 Å². The molecular weight excluding hydrogens is 202 g/mol. The first-order valence-electron chi connectivity index (χ1n) is 3.63. The molecule has 0 bridgehead atoms. The molecule has 0 aliphatic rings. The van der Waals surface area contributed by atoms with Crippen molar-refractivity contribution >= 4 is 6.09 Å². The van der Waals surface area contributed by atoms with E-state index in [2.05, 4.69) is 30.6 Å². The summed E-state index contributed by atoms with van der Waals surface area (Å²) < 4.78 is 4.22. The number of amides is 1. The molecule has 0 spiro atoms. The van der Waals surface area contributed by atoms with Gasteiger partial charge >= 0.3 is 6.09 Å². The number of nitrogens with zero attached hydrogens (tertiary/aromatic N) is 4. The highest BCUT2D eigenvalue weighted by molar-refractivity contribution is 5.61. The van der Waals surface area contributed by atoms with E-state index in [4.69, 9.17) is 9.90 Å². The van der Waals surface area contributed by atoms with Crippen molar-refractivity contribution in [2.75, 3.05) is 0 Å². The minimum atomic E-state index is -1.33. The van der Waals surface area contributed by atoms with Crippen LogP contribution in [0.1, 0.15) is 0 Å². The fraction of sp³-hybridized carbons (Fsp3) is 0. The SMILES string of the molecule is NC(=O)O.c1cncnc1.c1conn1. The van der Waals surface area contributed by atoms with Gasteiger partial charge in [0, 0.05) is 17.7 Å². The summed E-state index contributed by atoms with van der Waals surface area (Å²) in [6.07, 6.45) is 6.42. The van der Waals surface area contributed by atoms with E-state index in [1.807, 2.05) is 0 Å². The summed E-state index contributed by atoms with van der Waals surface area (Å²) in [5.41, 5.74) is 4.03. The lowest BCUT2D eigenvalue weighted by atomic mass is 10.7. The molecule has 0 atom stereocenters. The maximum atomic E-state index is 8.78. The van der Waals surface area contributed by atoms with Crippen LogP contribution in [-0.4, -0.2) is 31.5 Å². The molecule has 8 heteroatoms. The molecule has 0 radical (unpaired) electrons. The molecule has 15 heavy (non-hydrogen) atoms. The van der Waals surface area contributed by atoms with Crippen LogP contribution >= 0.6 is 0 Å². The molecule has 2 heterocycles. The molecule has 1 amide bonds. The third-order valence-electron chi connectivity index (χ3n) is 0.760. The van der Waals surface area contributed by atoms with E-state index in [0.29, 0.717) is 0 Å². The molecule has 0 aliphatic carbocycles. The fourth-order valence-corrected chi connectivity index (χ4v) is 0.389. The fourth-order valence-electron chi connectivity index (χ4n) is 0.389. The minimum absolute atomic E-state index is 1.33. The van der Waals surface area contributed by atoms with Crippen molar-refractivity contribution in [1.29, 1.82) is 0 Å². The van der Waals surface area contributed by atoms with Crippen molar-refractivity contribution in [1.82, 2.24) is 20.3 Å². The van der Waals surface area contributed by atoms with Gasteiger partial charge in [-0.1, -0.05) is 0 Å². The van der Waals surface area contributed by atoms with Gasteiger partial charge in [0.25, 0.3) is 0 Å². The Bertz CT molecular complexity index is 278. The zero-order valence-corrected chi connectivity index (χ0v) is 7.59. The number of hydrogen-bond acceptors (Lipinski definition) is 6. The van der Waals surface area contributed by atoms with Crippen molar-refractivity contribution in [3.63, 3.8) is 0 Å². The second-order valence-electron chi connectivity index (χ2n) is 1.83. The number of hydrogen-bond donors (Lipinski definition) is 2.